The molecule has 3 heterocycles. The highest BCUT2D eigenvalue weighted by atomic mass is 32.2. The molecule has 4 rings (SSSR count). The zero-order valence-electron chi connectivity index (χ0n) is 16.3. The fourth-order valence-electron chi connectivity index (χ4n) is 3.60. The van der Waals surface area contributed by atoms with Crippen molar-refractivity contribution < 1.29 is 22.2 Å². The summed E-state index contributed by atoms with van der Waals surface area (Å²) in [7, 11) is -3.77. The Hall–Kier alpha value is -1.78. The Morgan fingerprint density at radius 3 is 2.68 bits per heavy atom. The van der Waals surface area contributed by atoms with Crippen LogP contribution in [0.5, 0.6) is 0 Å². The molecule has 1 aliphatic carbocycles. The van der Waals surface area contributed by atoms with Crippen molar-refractivity contribution in [3.05, 3.63) is 23.2 Å². The van der Waals surface area contributed by atoms with Crippen LogP contribution in [-0.2, 0) is 21.2 Å². The minimum Gasteiger partial charge on any atom is -0.381 e. The molecule has 28 heavy (non-hydrogen) atoms. The molecular weight excluding hydrogens is 384 g/mol. The van der Waals surface area contributed by atoms with Crippen molar-refractivity contribution in [2.24, 2.45) is 5.92 Å². The Bertz CT molecular complexity index is 899. The lowest BCUT2D eigenvalue weighted by atomic mass is 10.1. The third-order valence-corrected chi connectivity index (χ3v) is 7.43. The maximum Gasteiger partial charge on any atom is 0.249 e. The van der Waals surface area contributed by atoms with Crippen molar-refractivity contribution in [1.82, 2.24) is 19.6 Å². The van der Waals surface area contributed by atoms with E-state index in [1.807, 2.05) is 0 Å². The van der Waals surface area contributed by atoms with Gasteiger partial charge in [0.1, 0.15) is 16.6 Å². The van der Waals surface area contributed by atoms with Crippen molar-refractivity contribution >= 4 is 10.0 Å². The Labute approximate surface area is 164 Å². The lowest BCUT2D eigenvalue weighted by Crippen LogP contribution is -2.39. The van der Waals surface area contributed by atoms with Crippen LogP contribution in [0, 0.1) is 19.8 Å². The van der Waals surface area contributed by atoms with Crippen LogP contribution in [0.25, 0.3) is 0 Å². The smallest absolute Gasteiger partial charge is 0.249 e. The van der Waals surface area contributed by atoms with E-state index in [-0.39, 0.29) is 4.90 Å². The first-order chi connectivity index (χ1) is 13.5. The summed E-state index contributed by atoms with van der Waals surface area (Å²) in [5.41, 5.74) is 0.362. The molecule has 1 unspecified atom stereocenters. The average molecular weight is 410 g/mol. The number of hydrogen-bond acceptors (Lipinski definition) is 8. The molecule has 2 aliphatic rings. The summed E-state index contributed by atoms with van der Waals surface area (Å²) in [4.78, 5) is 4.59. The maximum atomic E-state index is 13.3. The van der Waals surface area contributed by atoms with Crippen LogP contribution in [0.15, 0.2) is 13.9 Å². The van der Waals surface area contributed by atoms with E-state index in [1.54, 1.807) is 13.8 Å². The number of sulfonamides is 1. The predicted molar refractivity (Wildman–Crippen MR) is 98.0 cm³/mol. The molecule has 1 atom stereocenters. The van der Waals surface area contributed by atoms with Crippen LogP contribution in [0.3, 0.4) is 0 Å². The molecule has 0 aromatic carbocycles. The number of aromatic nitrogens is 3. The molecule has 154 valence electrons. The quantitative estimate of drug-likeness (QED) is 0.610. The van der Waals surface area contributed by atoms with Gasteiger partial charge in [-0.1, -0.05) is 16.7 Å². The third-order valence-electron chi connectivity index (χ3n) is 5.28. The molecular formula is C18H26N4O5S. The Balaban J connectivity index is 1.49. The van der Waals surface area contributed by atoms with Crippen molar-refractivity contribution in [2.75, 3.05) is 19.8 Å². The van der Waals surface area contributed by atoms with E-state index >= 15 is 0 Å². The van der Waals surface area contributed by atoms with E-state index in [4.69, 9.17) is 13.8 Å². The SMILES string of the molecule is Cc1noc(C)c1S(=O)(=O)N1CCCCC1c1nc(CCOCC2CC2)no1. The average Bonchev–Trinajstić information content (AvgIpc) is 3.27. The summed E-state index contributed by atoms with van der Waals surface area (Å²) in [5, 5.41) is 7.81. The maximum absolute atomic E-state index is 13.3. The molecule has 9 nitrogen and oxygen atoms in total. The van der Waals surface area contributed by atoms with Crippen LogP contribution in [0.1, 0.15) is 61.3 Å². The standard InChI is InChI=1S/C18H26N4O5S/c1-12-17(13(2)26-20-12)28(23,24)22-9-4-3-5-15(22)18-19-16(21-27-18)8-10-25-11-14-6-7-14/h14-15H,3-11H2,1-2H3. The first-order valence-electron chi connectivity index (χ1n) is 9.81. The summed E-state index contributed by atoms with van der Waals surface area (Å²) < 4.78 is 44.1. The van der Waals surface area contributed by atoms with Crippen LogP contribution >= 0.6 is 0 Å². The summed E-state index contributed by atoms with van der Waals surface area (Å²) in [5.74, 6) is 1.89. The molecule has 2 aromatic heterocycles. The van der Waals surface area contributed by atoms with Crippen LogP contribution in [0.4, 0.5) is 0 Å². The number of nitrogens with zero attached hydrogens (tertiary/aromatic N) is 4. The molecule has 0 N–H and O–H groups in total. The number of aryl methyl sites for hydroxylation is 2. The molecule has 0 spiro atoms. The Morgan fingerprint density at radius 1 is 1.14 bits per heavy atom. The van der Waals surface area contributed by atoms with Gasteiger partial charge in [0.25, 0.3) is 0 Å². The van der Waals surface area contributed by atoms with E-state index in [0.29, 0.717) is 55.1 Å². The van der Waals surface area contributed by atoms with E-state index in [0.717, 1.165) is 19.4 Å². The van der Waals surface area contributed by atoms with Gasteiger partial charge >= 0.3 is 0 Å². The number of piperidine rings is 1. The molecule has 10 heteroatoms. The number of hydrogen-bond donors (Lipinski definition) is 0. The van der Waals surface area contributed by atoms with Gasteiger partial charge < -0.3 is 13.8 Å². The zero-order chi connectivity index (χ0) is 19.7. The molecule has 0 bridgehead atoms. The lowest BCUT2D eigenvalue weighted by molar-refractivity contribution is 0.125. The molecule has 1 saturated heterocycles. The highest BCUT2D eigenvalue weighted by molar-refractivity contribution is 7.89. The molecule has 2 aromatic rings. The van der Waals surface area contributed by atoms with Crippen molar-refractivity contribution in [1.29, 1.82) is 0 Å². The van der Waals surface area contributed by atoms with Crippen molar-refractivity contribution in [3.8, 4) is 0 Å². The molecule has 1 aliphatic heterocycles. The summed E-state index contributed by atoms with van der Waals surface area (Å²) >= 11 is 0. The Kier molecular flexibility index (Phi) is 5.52. The second-order valence-corrected chi connectivity index (χ2v) is 9.43. The van der Waals surface area contributed by atoms with Gasteiger partial charge in [0.05, 0.1) is 6.61 Å². The first-order valence-corrected chi connectivity index (χ1v) is 11.3. The predicted octanol–water partition coefficient (Wildman–Crippen LogP) is 2.56. The van der Waals surface area contributed by atoms with E-state index < -0.39 is 16.1 Å². The van der Waals surface area contributed by atoms with Gasteiger partial charge in [-0.3, -0.25) is 0 Å². The number of ether oxygens (including phenoxy) is 1. The largest absolute Gasteiger partial charge is 0.381 e. The fraction of sp³-hybridized carbons (Fsp3) is 0.722. The zero-order valence-corrected chi connectivity index (χ0v) is 17.1. The third kappa shape index (κ3) is 3.99. The molecule has 0 amide bonds. The van der Waals surface area contributed by atoms with Gasteiger partial charge in [0.15, 0.2) is 11.6 Å². The van der Waals surface area contributed by atoms with Crippen LogP contribution < -0.4 is 0 Å². The van der Waals surface area contributed by atoms with Gasteiger partial charge in [-0.05, 0) is 45.4 Å². The van der Waals surface area contributed by atoms with E-state index in [2.05, 4.69) is 15.3 Å². The summed E-state index contributed by atoms with van der Waals surface area (Å²) in [6.45, 7) is 4.98. The van der Waals surface area contributed by atoms with Gasteiger partial charge in [-0.15, -0.1) is 0 Å². The van der Waals surface area contributed by atoms with Gasteiger partial charge in [0, 0.05) is 19.6 Å². The lowest BCUT2D eigenvalue weighted by Gasteiger charge is -2.32. The summed E-state index contributed by atoms with van der Waals surface area (Å²) in [6, 6.07) is -0.471. The highest BCUT2D eigenvalue weighted by Crippen LogP contribution is 2.36. The van der Waals surface area contributed by atoms with Gasteiger partial charge in [0.2, 0.25) is 15.9 Å². The second-order valence-electron chi connectivity index (χ2n) is 7.60. The normalized spacial score (nSPS) is 21.3. The van der Waals surface area contributed by atoms with Crippen LogP contribution in [0.2, 0.25) is 0 Å². The molecule has 2 fully saturated rings. The van der Waals surface area contributed by atoms with Crippen LogP contribution in [-0.4, -0.2) is 47.8 Å². The summed E-state index contributed by atoms with van der Waals surface area (Å²) in [6.07, 6.45) is 5.39. The monoisotopic (exact) mass is 410 g/mol. The fourth-order valence-corrected chi connectivity index (χ4v) is 5.55. The Morgan fingerprint density at radius 2 is 1.96 bits per heavy atom. The van der Waals surface area contributed by atoms with E-state index in [1.165, 1.54) is 17.1 Å². The second kappa shape index (κ2) is 7.92. The van der Waals surface area contributed by atoms with Crippen molar-refractivity contribution in [3.63, 3.8) is 0 Å². The highest BCUT2D eigenvalue weighted by Gasteiger charge is 2.40. The minimum atomic E-state index is -3.77. The van der Waals surface area contributed by atoms with Gasteiger partial charge in [-0.2, -0.15) is 9.29 Å². The van der Waals surface area contributed by atoms with E-state index in [9.17, 15) is 8.42 Å². The molecule has 0 radical (unpaired) electrons. The first kappa shape index (κ1) is 19.5. The minimum absolute atomic E-state index is 0.132. The van der Waals surface area contributed by atoms with Gasteiger partial charge in [-0.25, -0.2) is 8.42 Å². The molecule has 1 saturated carbocycles. The topological polar surface area (TPSA) is 112 Å². The van der Waals surface area contributed by atoms with Crippen molar-refractivity contribution in [2.45, 2.75) is 63.3 Å². The number of rotatable bonds is 8.